The number of rotatable bonds is 3. The average molecular weight is 447 g/mol. The van der Waals surface area contributed by atoms with Crippen LogP contribution in [0.3, 0.4) is 0 Å². The fourth-order valence-corrected chi connectivity index (χ4v) is 3.09. The molecule has 3 heterocycles. The summed E-state index contributed by atoms with van der Waals surface area (Å²) in [6, 6.07) is 5.36. The van der Waals surface area contributed by atoms with Crippen LogP contribution in [-0.4, -0.2) is 24.8 Å². The predicted molar refractivity (Wildman–Crippen MR) is 106 cm³/mol. The molecule has 0 aliphatic rings. The number of imidazole rings is 1. The molecule has 0 spiro atoms. The van der Waals surface area contributed by atoms with Crippen LogP contribution >= 0.6 is 24.8 Å². The van der Waals surface area contributed by atoms with E-state index in [1.807, 2.05) is 6.92 Å². The molecule has 0 unspecified atom stereocenters. The lowest BCUT2D eigenvalue weighted by atomic mass is 9.99. The van der Waals surface area contributed by atoms with Crippen molar-refractivity contribution in [3.05, 3.63) is 42.2 Å². The van der Waals surface area contributed by atoms with Crippen LogP contribution in [0.2, 0.25) is 0 Å². The number of hydrogen-bond acceptors (Lipinski definition) is 6. The van der Waals surface area contributed by atoms with E-state index in [4.69, 9.17) is 5.73 Å². The quantitative estimate of drug-likeness (QED) is 0.493. The Morgan fingerprint density at radius 2 is 1.79 bits per heavy atom. The van der Waals surface area contributed by atoms with Crippen LogP contribution in [-0.2, 0) is 12.7 Å². The maximum absolute atomic E-state index is 13.5. The van der Waals surface area contributed by atoms with Crippen molar-refractivity contribution in [1.29, 1.82) is 0 Å². The molecule has 29 heavy (non-hydrogen) atoms. The molecule has 3 aromatic heterocycles. The van der Waals surface area contributed by atoms with Gasteiger partial charge in [-0.3, -0.25) is 4.98 Å². The topological polar surface area (TPSA) is 95.7 Å². The molecule has 0 saturated heterocycles. The third kappa shape index (κ3) is 3.73. The lowest BCUT2D eigenvalue weighted by Crippen LogP contribution is -2.08. The highest BCUT2D eigenvalue weighted by Gasteiger charge is 2.34. The second-order valence-electron chi connectivity index (χ2n) is 5.78. The minimum absolute atomic E-state index is 0. The third-order valence-corrected chi connectivity index (χ3v) is 4.21. The zero-order valence-electron chi connectivity index (χ0n) is 14.8. The van der Waals surface area contributed by atoms with E-state index in [-0.39, 0.29) is 41.9 Å². The van der Waals surface area contributed by atoms with E-state index in [2.05, 4.69) is 24.9 Å². The van der Waals surface area contributed by atoms with Gasteiger partial charge < -0.3 is 10.3 Å². The molecule has 2 N–H and O–H groups in total. The molecule has 12 heteroatoms. The summed E-state index contributed by atoms with van der Waals surface area (Å²) >= 11 is 0. The highest BCUT2D eigenvalue weighted by atomic mass is 35.5. The Morgan fingerprint density at radius 1 is 1.07 bits per heavy atom. The number of alkyl halides is 3. The maximum Gasteiger partial charge on any atom is 0.417 e. The van der Waals surface area contributed by atoms with E-state index in [1.165, 1.54) is 24.5 Å². The van der Waals surface area contributed by atoms with Gasteiger partial charge in [-0.15, -0.1) is 24.8 Å². The van der Waals surface area contributed by atoms with E-state index in [1.54, 1.807) is 10.6 Å². The number of nitrogen functional groups attached to an aromatic ring is 1. The molecule has 0 radical (unpaired) electrons. The maximum atomic E-state index is 13.5. The highest BCUT2D eigenvalue weighted by molar-refractivity contribution is 5.94. The predicted octanol–water partition coefficient (Wildman–Crippen LogP) is 4.61. The number of nitrogens with two attached hydrogens (primary N) is 1. The molecule has 7 nitrogen and oxygen atoms in total. The lowest BCUT2D eigenvalue weighted by Gasteiger charge is -2.14. The molecule has 0 aliphatic heterocycles. The SMILES string of the molecule is CCn1c(-c2nonc2N)nc2cncc(-c3ccccc3C(F)(F)F)c21.Cl.Cl. The van der Waals surface area contributed by atoms with Gasteiger partial charge in [0.25, 0.3) is 0 Å². The normalized spacial score (nSPS) is 11.2. The standard InChI is InChI=1S/C17H13F3N6O.2ClH/c1-2-26-14-10(9-5-3-4-6-11(9)17(18,19)20)7-22-8-12(14)23-16(26)13-15(21)25-27-24-13;;/h3-8H,2H2,1H3,(H2,21,25);2*1H. The number of anilines is 1. The first-order valence-corrected chi connectivity index (χ1v) is 8.01. The van der Waals surface area contributed by atoms with Crippen molar-refractivity contribution in [2.24, 2.45) is 0 Å². The first-order valence-electron chi connectivity index (χ1n) is 8.01. The van der Waals surface area contributed by atoms with Crippen molar-refractivity contribution in [2.75, 3.05) is 5.73 Å². The fraction of sp³-hybridized carbons (Fsp3) is 0.176. The van der Waals surface area contributed by atoms with Gasteiger partial charge in [0.05, 0.1) is 17.3 Å². The van der Waals surface area contributed by atoms with E-state index >= 15 is 0 Å². The van der Waals surface area contributed by atoms with Gasteiger partial charge in [-0.1, -0.05) is 18.2 Å². The van der Waals surface area contributed by atoms with Gasteiger partial charge in [0.1, 0.15) is 5.52 Å². The van der Waals surface area contributed by atoms with Crippen molar-refractivity contribution in [3.63, 3.8) is 0 Å². The number of fused-ring (bicyclic) bond motifs is 1. The van der Waals surface area contributed by atoms with Crippen LogP contribution in [0, 0.1) is 0 Å². The molecule has 0 aliphatic carbocycles. The number of aromatic nitrogens is 5. The molecule has 1 aromatic carbocycles. The molecular formula is C17H15Cl2F3N6O. The van der Waals surface area contributed by atoms with Gasteiger partial charge in [0, 0.05) is 18.3 Å². The summed E-state index contributed by atoms with van der Waals surface area (Å²) in [6.45, 7) is 2.26. The Kier molecular flexibility index (Phi) is 6.39. The molecule has 0 saturated carbocycles. The van der Waals surface area contributed by atoms with Crippen LogP contribution in [0.15, 0.2) is 41.3 Å². The second-order valence-corrected chi connectivity index (χ2v) is 5.78. The van der Waals surface area contributed by atoms with Gasteiger partial charge >= 0.3 is 6.18 Å². The first-order chi connectivity index (χ1) is 12.9. The summed E-state index contributed by atoms with van der Waals surface area (Å²) in [7, 11) is 0. The summed E-state index contributed by atoms with van der Waals surface area (Å²) in [5.41, 5.74) is 6.51. The van der Waals surface area contributed by atoms with Crippen LogP contribution in [0.25, 0.3) is 33.7 Å². The number of nitrogens with zero attached hydrogens (tertiary/aromatic N) is 5. The highest BCUT2D eigenvalue weighted by Crippen LogP contribution is 2.40. The molecule has 4 rings (SSSR count). The van der Waals surface area contributed by atoms with Gasteiger partial charge in [-0.2, -0.15) is 13.2 Å². The second kappa shape index (κ2) is 8.26. The molecule has 0 bridgehead atoms. The molecular weight excluding hydrogens is 432 g/mol. The number of benzene rings is 1. The Hall–Kier alpha value is -2.85. The van der Waals surface area contributed by atoms with Crippen LogP contribution < -0.4 is 5.73 Å². The molecule has 0 atom stereocenters. The average Bonchev–Trinajstić information content (AvgIpc) is 3.23. The van der Waals surface area contributed by atoms with Crippen molar-refractivity contribution in [1.82, 2.24) is 24.8 Å². The van der Waals surface area contributed by atoms with Gasteiger partial charge in [-0.05, 0) is 28.9 Å². The number of hydrogen-bond donors (Lipinski definition) is 1. The van der Waals surface area contributed by atoms with Crippen LogP contribution in [0.1, 0.15) is 12.5 Å². The summed E-state index contributed by atoms with van der Waals surface area (Å²) in [6.07, 6.45) is -1.62. The van der Waals surface area contributed by atoms with Gasteiger partial charge in [0.2, 0.25) is 0 Å². The Bertz CT molecular complexity index is 1140. The van der Waals surface area contributed by atoms with Crippen molar-refractivity contribution >= 4 is 41.7 Å². The van der Waals surface area contributed by atoms with Crippen molar-refractivity contribution < 1.29 is 17.8 Å². The molecule has 0 fully saturated rings. The summed E-state index contributed by atoms with van der Waals surface area (Å²) in [4.78, 5) is 8.51. The minimum atomic E-state index is -4.50. The summed E-state index contributed by atoms with van der Waals surface area (Å²) < 4.78 is 46.9. The lowest BCUT2D eigenvalue weighted by molar-refractivity contribution is -0.137. The van der Waals surface area contributed by atoms with E-state index in [0.717, 1.165) is 6.07 Å². The minimum Gasteiger partial charge on any atom is -0.379 e. The molecule has 4 aromatic rings. The fourth-order valence-electron chi connectivity index (χ4n) is 3.09. The summed E-state index contributed by atoms with van der Waals surface area (Å²) in [5.74, 6) is 0.398. The van der Waals surface area contributed by atoms with Crippen LogP contribution in [0.4, 0.5) is 19.0 Å². The van der Waals surface area contributed by atoms with Crippen molar-refractivity contribution in [2.45, 2.75) is 19.6 Å². The Labute approximate surface area is 174 Å². The van der Waals surface area contributed by atoms with Crippen LogP contribution in [0.5, 0.6) is 0 Å². The Morgan fingerprint density at radius 3 is 2.41 bits per heavy atom. The Balaban J connectivity index is 0.00000150. The first kappa shape index (κ1) is 22.4. The molecule has 154 valence electrons. The zero-order chi connectivity index (χ0) is 19.2. The van der Waals surface area contributed by atoms with E-state index in [9.17, 15) is 13.2 Å². The zero-order valence-corrected chi connectivity index (χ0v) is 16.5. The third-order valence-electron chi connectivity index (χ3n) is 4.21. The number of aryl methyl sites for hydroxylation is 1. The smallest absolute Gasteiger partial charge is 0.379 e. The summed E-state index contributed by atoms with van der Waals surface area (Å²) in [5, 5.41) is 7.29. The van der Waals surface area contributed by atoms with E-state index < -0.39 is 11.7 Å². The molecule has 0 amide bonds. The van der Waals surface area contributed by atoms with E-state index in [0.29, 0.717) is 29.0 Å². The van der Waals surface area contributed by atoms with Gasteiger partial charge in [0.15, 0.2) is 17.3 Å². The van der Waals surface area contributed by atoms with Gasteiger partial charge in [-0.25, -0.2) is 9.61 Å². The monoisotopic (exact) mass is 446 g/mol. The number of pyridine rings is 1. The number of halogens is 5. The van der Waals surface area contributed by atoms with Crippen molar-refractivity contribution in [3.8, 4) is 22.6 Å². The largest absolute Gasteiger partial charge is 0.417 e.